The molecule has 0 spiro atoms. The fourth-order valence-electron chi connectivity index (χ4n) is 2.12. The third-order valence-electron chi connectivity index (χ3n) is 3.28. The van der Waals surface area contributed by atoms with Gasteiger partial charge in [-0.15, -0.1) is 11.3 Å². The number of amides is 1. The Labute approximate surface area is 143 Å². The number of thiophene rings is 1. The molecule has 24 heavy (non-hydrogen) atoms. The summed E-state index contributed by atoms with van der Waals surface area (Å²) in [7, 11) is 0. The summed E-state index contributed by atoms with van der Waals surface area (Å²) in [5.74, 6) is -1.94. The highest BCUT2D eigenvalue weighted by Gasteiger charge is 2.29. The fraction of sp³-hybridized carbons (Fsp3) is 0.353. The maximum Gasteiger partial charge on any atom is 0.341 e. The maximum atomic E-state index is 13.7. The van der Waals surface area contributed by atoms with Gasteiger partial charge in [0.1, 0.15) is 5.00 Å². The summed E-state index contributed by atoms with van der Waals surface area (Å²) in [6.45, 7) is 7.81. The number of nitrogens with one attached hydrogen (secondary N) is 1. The van der Waals surface area contributed by atoms with Crippen LogP contribution in [0.5, 0.6) is 0 Å². The van der Waals surface area contributed by atoms with Crippen LogP contribution in [0.25, 0.3) is 0 Å². The number of aromatic nitrogens is 1. The van der Waals surface area contributed by atoms with Crippen molar-refractivity contribution in [3.63, 3.8) is 0 Å². The molecule has 0 saturated heterocycles. The third kappa shape index (κ3) is 3.79. The van der Waals surface area contributed by atoms with Gasteiger partial charge >= 0.3 is 5.97 Å². The van der Waals surface area contributed by atoms with Crippen molar-refractivity contribution in [2.45, 2.75) is 33.1 Å². The minimum absolute atomic E-state index is 0.223. The molecule has 5 nitrogen and oxygen atoms in total. The van der Waals surface area contributed by atoms with Crippen LogP contribution >= 0.6 is 11.3 Å². The van der Waals surface area contributed by atoms with Crippen LogP contribution < -0.4 is 5.32 Å². The number of halogens is 1. The maximum absolute atomic E-state index is 13.7. The Morgan fingerprint density at radius 3 is 2.67 bits per heavy atom. The highest BCUT2D eigenvalue weighted by molar-refractivity contribution is 7.15. The number of anilines is 1. The van der Waals surface area contributed by atoms with E-state index in [4.69, 9.17) is 4.74 Å². The molecule has 0 aliphatic rings. The smallest absolute Gasteiger partial charge is 0.341 e. The van der Waals surface area contributed by atoms with Crippen molar-refractivity contribution in [2.24, 2.45) is 0 Å². The quantitative estimate of drug-likeness (QED) is 0.846. The number of pyridine rings is 1. The largest absolute Gasteiger partial charge is 0.462 e. The van der Waals surface area contributed by atoms with E-state index in [9.17, 15) is 14.0 Å². The van der Waals surface area contributed by atoms with Gasteiger partial charge in [0.25, 0.3) is 5.91 Å². The molecule has 0 aliphatic carbocycles. The van der Waals surface area contributed by atoms with Gasteiger partial charge in [0.05, 0.1) is 12.2 Å². The molecule has 7 heteroatoms. The van der Waals surface area contributed by atoms with E-state index in [0.717, 1.165) is 11.6 Å². The number of carbonyl (C=O) groups is 2. The van der Waals surface area contributed by atoms with E-state index in [1.165, 1.54) is 23.6 Å². The van der Waals surface area contributed by atoms with Crippen LogP contribution in [-0.2, 0) is 10.2 Å². The molecule has 128 valence electrons. The first-order chi connectivity index (χ1) is 11.3. The molecule has 2 rings (SSSR count). The van der Waals surface area contributed by atoms with Crippen LogP contribution in [0, 0.1) is 5.82 Å². The second-order valence-corrected chi connectivity index (χ2v) is 6.99. The molecular weight excluding hydrogens is 331 g/mol. The van der Waals surface area contributed by atoms with Gasteiger partial charge in [-0.25, -0.2) is 14.2 Å². The van der Waals surface area contributed by atoms with Crippen LogP contribution in [0.3, 0.4) is 0 Å². The first kappa shape index (κ1) is 18.1. The zero-order chi connectivity index (χ0) is 17.9. The van der Waals surface area contributed by atoms with Crippen molar-refractivity contribution < 1.29 is 18.7 Å². The molecular formula is C17H19FN2O3S. The molecule has 2 aromatic heterocycles. The molecule has 0 unspecified atom stereocenters. The van der Waals surface area contributed by atoms with Crippen molar-refractivity contribution in [1.82, 2.24) is 4.98 Å². The van der Waals surface area contributed by atoms with E-state index in [-0.39, 0.29) is 17.7 Å². The molecule has 0 atom stereocenters. The number of carbonyl (C=O) groups excluding carboxylic acids is 2. The lowest BCUT2D eigenvalue weighted by Crippen LogP contribution is -2.20. The van der Waals surface area contributed by atoms with Crippen LogP contribution in [0.1, 0.15) is 54.1 Å². The van der Waals surface area contributed by atoms with E-state index in [1.807, 2.05) is 20.8 Å². The highest BCUT2D eigenvalue weighted by atomic mass is 32.1. The van der Waals surface area contributed by atoms with E-state index in [2.05, 4.69) is 10.3 Å². The summed E-state index contributed by atoms with van der Waals surface area (Å²) in [6.07, 6.45) is 1.33. The molecule has 0 bridgehead atoms. The predicted molar refractivity (Wildman–Crippen MR) is 91.1 cm³/mol. The zero-order valence-corrected chi connectivity index (χ0v) is 14.8. The fourth-order valence-corrected chi connectivity index (χ4v) is 3.29. The number of nitrogens with zero attached hydrogens (tertiary/aromatic N) is 1. The zero-order valence-electron chi connectivity index (χ0n) is 14.0. The van der Waals surface area contributed by atoms with E-state index >= 15 is 0 Å². The molecule has 0 aliphatic heterocycles. The van der Waals surface area contributed by atoms with E-state index in [0.29, 0.717) is 10.6 Å². The van der Waals surface area contributed by atoms with Crippen LogP contribution in [0.2, 0.25) is 0 Å². The average Bonchev–Trinajstić information content (AvgIpc) is 2.91. The molecule has 2 heterocycles. The van der Waals surface area contributed by atoms with Gasteiger partial charge in [0.15, 0.2) is 11.5 Å². The lowest BCUT2D eigenvalue weighted by molar-refractivity contribution is 0.0525. The van der Waals surface area contributed by atoms with E-state index in [1.54, 1.807) is 12.3 Å². The minimum Gasteiger partial charge on any atom is -0.462 e. The Morgan fingerprint density at radius 1 is 1.38 bits per heavy atom. The number of hydrogen-bond acceptors (Lipinski definition) is 5. The third-order valence-corrected chi connectivity index (χ3v) is 4.17. The SMILES string of the molecule is CCOC(=O)c1c(C(C)(C)C)csc1NC(=O)c1ncccc1F. The summed E-state index contributed by atoms with van der Waals surface area (Å²) in [5.41, 5.74) is 0.442. The van der Waals surface area contributed by atoms with Crippen molar-refractivity contribution in [3.05, 3.63) is 46.3 Å². The van der Waals surface area contributed by atoms with Gasteiger partial charge in [0.2, 0.25) is 0 Å². The van der Waals surface area contributed by atoms with Crippen molar-refractivity contribution >= 4 is 28.2 Å². The van der Waals surface area contributed by atoms with E-state index < -0.39 is 17.7 Å². The first-order valence-corrected chi connectivity index (χ1v) is 8.34. The molecule has 1 N–H and O–H groups in total. The van der Waals surface area contributed by atoms with Crippen molar-refractivity contribution in [2.75, 3.05) is 11.9 Å². The number of rotatable bonds is 4. The van der Waals surface area contributed by atoms with Crippen LogP contribution in [0.15, 0.2) is 23.7 Å². The second kappa shape index (κ2) is 7.09. The Bertz CT molecular complexity index is 765. The molecule has 0 aromatic carbocycles. The van der Waals surface area contributed by atoms with Gasteiger partial charge in [0, 0.05) is 6.20 Å². The van der Waals surface area contributed by atoms with Gasteiger partial charge < -0.3 is 10.1 Å². The summed E-state index contributed by atoms with van der Waals surface area (Å²) in [5, 5.41) is 4.71. The lowest BCUT2D eigenvalue weighted by atomic mass is 9.86. The lowest BCUT2D eigenvalue weighted by Gasteiger charge is -2.19. The standard InChI is InChI=1S/C17H19FN2O3S/c1-5-23-16(22)12-10(17(2,3)4)9-24-15(12)20-14(21)13-11(18)7-6-8-19-13/h6-9H,5H2,1-4H3,(H,20,21). The van der Waals surface area contributed by atoms with Crippen LogP contribution in [0.4, 0.5) is 9.39 Å². The average molecular weight is 350 g/mol. The molecule has 0 saturated carbocycles. The molecule has 0 fully saturated rings. The number of esters is 1. The van der Waals surface area contributed by atoms with Crippen LogP contribution in [-0.4, -0.2) is 23.5 Å². The minimum atomic E-state index is -0.722. The van der Waals surface area contributed by atoms with Gasteiger partial charge in [-0.1, -0.05) is 20.8 Å². The monoisotopic (exact) mass is 350 g/mol. The summed E-state index contributed by atoms with van der Waals surface area (Å²) >= 11 is 1.20. The summed E-state index contributed by atoms with van der Waals surface area (Å²) < 4.78 is 18.8. The Hall–Kier alpha value is -2.28. The highest BCUT2D eigenvalue weighted by Crippen LogP contribution is 2.36. The Balaban J connectivity index is 2.40. The number of hydrogen-bond donors (Lipinski definition) is 1. The first-order valence-electron chi connectivity index (χ1n) is 7.46. The molecule has 1 amide bonds. The second-order valence-electron chi connectivity index (χ2n) is 6.11. The van der Waals surface area contributed by atoms with Gasteiger partial charge in [-0.3, -0.25) is 4.79 Å². The van der Waals surface area contributed by atoms with Gasteiger partial charge in [-0.05, 0) is 35.4 Å². The normalized spacial score (nSPS) is 11.2. The summed E-state index contributed by atoms with van der Waals surface area (Å²) in [4.78, 5) is 28.3. The topological polar surface area (TPSA) is 68.3 Å². The Kier molecular flexibility index (Phi) is 5.33. The van der Waals surface area contributed by atoms with Crippen molar-refractivity contribution in [3.8, 4) is 0 Å². The van der Waals surface area contributed by atoms with Crippen molar-refractivity contribution in [1.29, 1.82) is 0 Å². The molecule has 0 radical (unpaired) electrons. The number of ether oxygens (including phenoxy) is 1. The van der Waals surface area contributed by atoms with Gasteiger partial charge in [-0.2, -0.15) is 0 Å². The summed E-state index contributed by atoms with van der Waals surface area (Å²) in [6, 6.07) is 2.56. The predicted octanol–water partition coefficient (Wildman–Crippen LogP) is 4.01. The Morgan fingerprint density at radius 2 is 2.08 bits per heavy atom. The molecule has 2 aromatic rings.